The Kier molecular flexibility index (Phi) is 17.3. The Balaban J connectivity index is 0.000000241. The normalized spacial score (nSPS) is 11.4. The van der Waals surface area contributed by atoms with Gasteiger partial charge in [-0.25, -0.2) is 9.97 Å². The molecule has 305 valence electrons. The fourth-order valence-electron chi connectivity index (χ4n) is 5.84. The molecule has 0 fully saturated rings. The van der Waals surface area contributed by atoms with Crippen molar-refractivity contribution in [1.29, 1.82) is 0 Å². The number of carbonyl (C=O) groups excluding carboxylic acids is 2. The van der Waals surface area contributed by atoms with Gasteiger partial charge in [0.05, 0.1) is 27.4 Å². The SMILES string of the molecule is CC(C)OC(C)(C)c1csc(NC(=O)c2cccn2Cc2ccncc2)n1.CC(C)OC(C)(C)c1nc(NC(=O)c2cccn2Cc2ccncc2)sc1Br.[B]=NS. The molecule has 6 aromatic heterocycles. The molecule has 0 saturated heterocycles. The van der Waals surface area contributed by atoms with Crippen molar-refractivity contribution < 1.29 is 19.1 Å². The zero-order valence-electron chi connectivity index (χ0n) is 33.7. The van der Waals surface area contributed by atoms with Crippen LogP contribution in [-0.2, 0) is 33.8 Å². The van der Waals surface area contributed by atoms with Crippen LogP contribution in [-0.4, -0.2) is 60.7 Å². The third kappa shape index (κ3) is 13.6. The second-order valence-electron chi connectivity index (χ2n) is 14.3. The Morgan fingerprint density at radius 3 is 1.71 bits per heavy atom. The maximum absolute atomic E-state index is 12.8. The summed E-state index contributed by atoms with van der Waals surface area (Å²) in [5.74, 6) is -0.382. The van der Waals surface area contributed by atoms with Gasteiger partial charge in [-0.1, -0.05) is 11.3 Å². The zero-order chi connectivity index (χ0) is 42.5. The first-order valence-corrected chi connectivity index (χ1v) is 21.1. The number of pyridine rings is 2. The summed E-state index contributed by atoms with van der Waals surface area (Å²) in [7, 11) is 4.34. The molecule has 0 saturated carbocycles. The van der Waals surface area contributed by atoms with Crippen LogP contribution < -0.4 is 10.6 Å². The van der Waals surface area contributed by atoms with Crippen LogP contribution in [0.2, 0.25) is 0 Å². The van der Waals surface area contributed by atoms with Gasteiger partial charge in [0.1, 0.15) is 22.6 Å². The number of amides is 2. The molecule has 13 nitrogen and oxygen atoms in total. The third-order valence-corrected chi connectivity index (χ3v) is 10.5. The van der Waals surface area contributed by atoms with Gasteiger partial charge < -0.3 is 18.6 Å². The van der Waals surface area contributed by atoms with Crippen molar-refractivity contribution in [2.24, 2.45) is 4.30 Å². The number of aromatic nitrogens is 6. The van der Waals surface area contributed by atoms with Crippen LogP contribution in [0.5, 0.6) is 0 Å². The molecule has 0 aromatic carbocycles. The van der Waals surface area contributed by atoms with Gasteiger partial charge >= 0.3 is 24.8 Å². The molecular weight excluding hydrogens is 857 g/mol. The van der Waals surface area contributed by atoms with Gasteiger partial charge in [0.25, 0.3) is 11.8 Å². The van der Waals surface area contributed by atoms with Gasteiger partial charge in [-0.2, -0.15) is 0 Å². The van der Waals surface area contributed by atoms with Gasteiger partial charge in [0.15, 0.2) is 10.3 Å². The maximum atomic E-state index is 12.8. The molecule has 0 bridgehead atoms. The summed E-state index contributed by atoms with van der Waals surface area (Å²) >= 11 is 9.52. The fourth-order valence-corrected chi connectivity index (χ4v) is 8.56. The number of thiazole rings is 2. The fraction of sp³-hybridized carbons (Fsp3) is 0.350. The van der Waals surface area contributed by atoms with Crippen LogP contribution in [0.1, 0.15) is 98.9 Å². The Morgan fingerprint density at radius 1 is 0.793 bits per heavy atom. The Morgan fingerprint density at radius 2 is 1.24 bits per heavy atom. The summed E-state index contributed by atoms with van der Waals surface area (Å²) in [5, 5.41) is 8.82. The van der Waals surface area contributed by atoms with E-state index in [0.717, 1.165) is 26.3 Å². The van der Waals surface area contributed by atoms with E-state index in [2.05, 4.69) is 71.3 Å². The van der Waals surface area contributed by atoms with Crippen LogP contribution in [0, 0.1) is 0 Å². The molecule has 6 aromatic rings. The van der Waals surface area contributed by atoms with Crippen LogP contribution in [0.15, 0.2) is 99.2 Å². The predicted molar refractivity (Wildman–Crippen MR) is 239 cm³/mol. The molecule has 18 heteroatoms. The molecule has 58 heavy (non-hydrogen) atoms. The molecule has 0 atom stereocenters. The number of halogens is 1. The van der Waals surface area contributed by atoms with E-state index in [9.17, 15) is 9.59 Å². The average molecular weight is 906 g/mol. The van der Waals surface area contributed by atoms with Crippen LogP contribution in [0.25, 0.3) is 0 Å². The number of thiol groups is 1. The van der Waals surface area contributed by atoms with Crippen molar-refractivity contribution >= 4 is 81.1 Å². The molecule has 6 heterocycles. The van der Waals surface area contributed by atoms with E-state index in [-0.39, 0.29) is 24.0 Å². The Bertz CT molecular complexity index is 2220. The van der Waals surface area contributed by atoms with Crippen molar-refractivity contribution in [3.05, 3.63) is 129 Å². The molecule has 0 spiro atoms. The van der Waals surface area contributed by atoms with Gasteiger partial charge in [-0.15, -0.1) is 11.3 Å². The van der Waals surface area contributed by atoms with Crippen LogP contribution >= 0.6 is 51.4 Å². The van der Waals surface area contributed by atoms with E-state index >= 15 is 0 Å². The summed E-state index contributed by atoms with van der Waals surface area (Å²) in [4.78, 5) is 42.7. The first-order valence-electron chi connectivity index (χ1n) is 18.3. The number of hydrogen-bond acceptors (Lipinski definition) is 12. The number of hydrogen-bond donors (Lipinski definition) is 3. The quantitative estimate of drug-likeness (QED) is 0.0723. The predicted octanol–water partition coefficient (Wildman–Crippen LogP) is 9.55. The summed E-state index contributed by atoms with van der Waals surface area (Å²) in [6, 6.07) is 15.1. The van der Waals surface area contributed by atoms with Crippen LogP contribution in [0.3, 0.4) is 0 Å². The molecule has 0 aliphatic heterocycles. The van der Waals surface area contributed by atoms with E-state index in [1.165, 1.54) is 22.7 Å². The molecule has 2 amide bonds. The van der Waals surface area contributed by atoms with Crippen molar-refractivity contribution in [1.82, 2.24) is 29.1 Å². The van der Waals surface area contributed by atoms with Gasteiger partial charge in [0.2, 0.25) is 0 Å². The zero-order valence-corrected chi connectivity index (χ0v) is 37.8. The van der Waals surface area contributed by atoms with E-state index in [1.807, 2.05) is 119 Å². The van der Waals surface area contributed by atoms with E-state index in [0.29, 0.717) is 34.7 Å². The van der Waals surface area contributed by atoms with Gasteiger partial charge in [0, 0.05) is 55.7 Å². The Hall–Kier alpha value is -4.33. The molecule has 0 aliphatic rings. The van der Waals surface area contributed by atoms with E-state index < -0.39 is 11.2 Å². The molecule has 1 radical (unpaired) electrons. The van der Waals surface area contributed by atoms with Gasteiger partial charge in [-0.05, 0) is 131 Å². The summed E-state index contributed by atoms with van der Waals surface area (Å²) in [6.45, 7) is 17.1. The van der Waals surface area contributed by atoms with E-state index in [1.54, 1.807) is 36.9 Å². The molecule has 6 rings (SSSR count). The molecule has 0 aliphatic carbocycles. The van der Waals surface area contributed by atoms with Crippen molar-refractivity contribution in [2.75, 3.05) is 10.6 Å². The van der Waals surface area contributed by atoms with E-state index in [4.69, 9.17) is 9.47 Å². The second kappa shape index (κ2) is 21.6. The van der Waals surface area contributed by atoms with Crippen molar-refractivity contribution in [3.63, 3.8) is 0 Å². The number of rotatable bonds is 14. The van der Waals surface area contributed by atoms with Crippen molar-refractivity contribution in [2.45, 2.75) is 91.9 Å². The first-order chi connectivity index (χ1) is 27.5. The number of nitrogens with one attached hydrogen (secondary N) is 2. The third-order valence-electron chi connectivity index (χ3n) is 8.11. The monoisotopic (exact) mass is 904 g/mol. The van der Waals surface area contributed by atoms with Gasteiger partial charge in [-0.3, -0.25) is 30.2 Å². The molecular formula is C40H48BBrN9O4S3. The van der Waals surface area contributed by atoms with Crippen molar-refractivity contribution in [3.8, 4) is 0 Å². The Labute approximate surface area is 362 Å². The number of carbonyl (C=O) groups is 2. The second-order valence-corrected chi connectivity index (χ2v) is 17.7. The van der Waals surface area contributed by atoms with Crippen LogP contribution in [0.4, 0.5) is 10.3 Å². The number of ether oxygens (including phenoxy) is 2. The molecule has 2 N–H and O–H groups in total. The number of anilines is 2. The summed E-state index contributed by atoms with van der Waals surface area (Å²) in [5.41, 5.74) is 3.83. The average Bonchev–Trinajstić information content (AvgIpc) is 3.97. The minimum atomic E-state index is -0.561. The summed E-state index contributed by atoms with van der Waals surface area (Å²) in [6.07, 6.45) is 10.9. The number of nitrogens with zero attached hydrogens (tertiary/aromatic N) is 7. The first kappa shape index (κ1) is 46.4. The standard InChI is InChI=1S/C20H23BrN4O2S.C20H24N4O2S.BHNS/c1-13(2)27-20(3,4)16-17(21)28-19(23-16)24-18(26)15-6-5-11-25(15)12-14-7-9-22-10-8-14;1-14(2)26-20(3,4)17-13-27-19(22-17)23-18(25)16-6-5-11-24(16)12-15-7-9-21-10-8-15;1-2-3/h5-11,13H,12H2,1-4H3,(H,23,24,26);5-11,13-14H,12H2,1-4H3,(H,22,23,25);3H. The molecule has 0 unspecified atom stereocenters. The summed E-state index contributed by atoms with van der Waals surface area (Å²) < 4.78 is 19.2. The topological polar surface area (TPSA) is 150 Å². The minimum absolute atomic E-state index is 0.0677.